The Morgan fingerprint density at radius 3 is 1.76 bits per heavy atom. The largest absolute Gasteiger partial charge is 0.487 e. The van der Waals surface area contributed by atoms with Crippen molar-refractivity contribution in [1.29, 1.82) is 0 Å². The smallest absolute Gasteiger partial charge is 0.127 e. The van der Waals surface area contributed by atoms with Crippen LogP contribution in [0.1, 0.15) is 209 Å². The average Bonchev–Trinajstić information content (AvgIpc) is 4.15. The maximum atomic E-state index is 10.7. The normalized spacial score (nSPS) is 34.5. The van der Waals surface area contributed by atoms with Gasteiger partial charge in [-0.3, -0.25) is 0 Å². The van der Waals surface area contributed by atoms with Crippen LogP contribution < -0.4 is 9.47 Å². The summed E-state index contributed by atoms with van der Waals surface area (Å²) in [7, 11) is 0. The van der Waals surface area contributed by atoms with Gasteiger partial charge in [-0.2, -0.15) is 0 Å². The Bertz CT molecular complexity index is 2400. The lowest BCUT2D eigenvalue weighted by atomic mass is 9.63. The van der Waals surface area contributed by atoms with Gasteiger partial charge in [0.05, 0.1) is 12.2 Å². The highest BCUT2D eigenvalue weighted by atomic mass is 16.6. The topological polar surface area (TPSA) is 84.0 Å². The van der Waals surface area contributed by atoms with E-state index in [4.69, 9.17) is 18.9 Å². The molecule has 0 amide bonds. The third kappa shape index (κ3) is 12.6. The van der Waals surface area contributed by atoms with Crippen LogP contribution in [0, 0.1) is 48.3 Å². The van der Waals surface area contributed by atoms with Gasteiger partial charge in [0.25, 0.3) is 0 Å². The minimum Gasteiger partial charge on any atom is -0.487 e. The number of rotatable bonds is 22. The number of fused-ring (bicyclic) bond motifs is 5. The molecule has 4 aliphatic heterocycles. The van der Waals surface area contributed by atoms with Crippen LogP contribution in [-0.2, 0) is 22.3 Å². The van der Waals surface area contributed by atoms with Gasteiger partial charge in [0.2, 0.25) is 0 Å². The van der Waals surface area contributed by atoms with Crippen molar-refractivity contribution in [2.24, 2.45) is 34.5 Å². The van der Waals surface area contributed by atoms with Gasteiger partial charge in [0.15, 0.2) is 0 Å². The van der Waals surface area contributed by atoms with Crippen molar-refractivity contribution < 1.29 is 29.2 Å². The Labute approximate surface area is 451 Å². The molecule has 0 aromatic heterocycles. The van der Waals surface area contributed by atoms with E-state index in [0.717, 1.165) is 78.9 Å². The molecule has 11 atom stereocenters. The summed E-state index contributed by atoms with van der Waals surface area (Å²) in [5.41, 5.74) is 6.78. The Kier molecular flexibility index (Phi) is 18.0. The summed E-state index contributed by atoms with van der Waals surface area (Å²) in [6, 6.07) is 0. The minimum absolute atomic E-state index is 0.117. The molecule has 2 N–H and O–H groups in total. The molecule has 6 aliphatic rings. The SMILES string of the molecule is CC(/C=C/C=C(C)/C=C/[C@@]12O[C@]1(C)C[C@@H](O)CC2(C)C)=C\C=C\C=C(/C)[C@@H]1Oc2c(C)c(C)c3c(c2C[C@H]1/C=C\C=C\[C@@]12O[C@]1(C)C[C@@H](O)CC2(C)C)CC[C@@](C)(CCCC(C)CCCC(C)CCCC(C)C)O3. The molecule has 2 unspecified atom stereocenters. The van der Waals surface area contributed by atoms with Gasteiger partial charge < -0.3 is 29.2 Å². The summed E-state index contributed by atoms with van der Waals surface area (Å²) in [4.78, 5) is 0. The molecule has 4 fully saturated rings. The van der Waals surface area contributed by atoms with E-state index >= 15 is 0 Å². The molecule has 6 nitrogen and oxygen atoms in total. The predicted octanol–water partition coefficient (Wildman–Crippen LogP) is 16.8. The second-order valence-corrected chi connectivity index (χ2v) is 27.3. The van der Waals surface area contributed by atoms with Crippen molar-refractivity contribution >= 4 is 0 Å². The lowest BCUT2D eigenvalue weighted by molar-refractivity contribution is 0.0501. The van der Waals surface area contributed by atoms with Gasteiger partial charge in [0, 0.05) is 40.7 Å². The summed E-state index contributed by atoms with van der Waals surface area (Å²) in [6.45, 7) is 36.1. The van der Waals surface area contributed by atoms with Crippen LogP contribution in [0.4, 0.5) is 0 Å². The second-order valence-electron chi connectivity index (χ2n) is 27.3. The molecule has 2 aliphatic carbocycles. The number of hydrogen-bond acceptors (Lipinski definition) is 6. The molecule has 2 saturated heterocycles. The van der Waals surface area contributed by atoms with Crippen molar-refractivity contribution in [3.8, 4) is 11.5 Å². The zero-order chi connectivity index (χ0) is 54.1. The number of aliphatic hydroxyl groups excluding tert-OH is 2. The van der Waals surface area contributed by atoms with Crippen molar-refractivity contribution in [3.05, 3.63) is 118 Å². The summed E-state index contributed by atoms with van der Waals surface area (Å²) < 4.78 is 27.3. The van der Waals surface area contributed by atoms with E-state index in [1.54, 1.807) is 0 Å². The number of benzene rings is 1. The van der Waals surface area contributed by atoms with Crippen molar-refractivity contribution in [1.82, 2.24) is 0 Å². The summed E-state index contributed by atoms with van der Waals surface area (Å²) in [5.74, 6) is 4.68. The highest BCUT2D eigenvalue weighted by Gasteiger charge is 2.75. The highest BCUT2D eigenvalue weighted by Crippen LogP contribution is 2.67. The molecule has 410 valence electrons. The fraction of sp³-hybridized carbons (Fsp3) is 0.676. The Morgan fingerprint density at radius 1 is 0.608 bits per heavy atom. The van der Waals surface area contributed by atoms with Crippen LogP contribution in [0.15, 0.2) is 95.7 Å². The van der Waals surface area contributed by atoms with Gasteiger partial charge in [0.1, 0.15) is 45.6 Å². The van der Waals surface area contributed by atoms with Crippen LogP contribution in [0.3, 0.4) is 0 Å². The minimum atomic E-state index is -0.376. The first-order valence-electron chi connectivity index (χ1n) is 29.4. The number of ether oxygens (including phenoxy) is 4. The van der Waals surface area contributed by atoms with Crippen LogP contribution in [0.2, 0.25) is 0 Å². The molecule has 0 bridgehead atoms. The lowest BCUT2D eigenvalue weighted by Crippen LogP contribution is -2.46. The van der Waals surface area contributed by atoms with Crippen LogP contribution in [0.25, 0.3) is 0 Å². The molecule has 7 rings (SSSR count). The third-order valence-corrected chi connectivity index (χ3v) is 19.1. The van der Waals surface area contributed by atoms with Gasteiger partial charge in [-0.25, -0.2) is 0 Å². The molecule has 1 aromatic carbocycles. The van der Waals surface area contributed by atoms with E-state index < -0.39 is 0 Å². The van der Waals surface area contributed by atoms with E-state index in [1.165, 1.54) is 79.2 Å². The first-order chi connectivity index (χ1) is 34.7. The third-order valence-electron chi connectivity index (χ3n) is 19.1. The monoisotopic (exact) mass is 1010 g/mol. The fourth-order valence-electron chi connectivity index (χ4n) is 14.4. The van der Waals surface area contributed by atoms with Gasteiger partial charge >= 0.3 is 0 Å². The van der Waals surface area contributed by atoms with Crippen molar-refractivity contribution in [2.45, 2.75) is 260 Å². The second kappa shape index (κ2) is 22.9. The molecule has 0 spiro atoms. The average molecular weight is 1020 g/mol. The van der Waals surface area contributed by atoms with Gasteiger partial charge in [-0.15, -0.1) is 0 Å². The Morgan fingerprint density at radius 2 is 1.15 bits per heavy atom. The molecular weight excluding hydrogens is 913 g/mol. The van der Waals surface area contributed by atoms with Crippen LogP contribution >= 0.6 is 0 Å². The molecule has 74 heavy (non-hydrogen) atoms. The predicted molar refractivity (Wildman–Crippen MR) is 309 cm³/mol. The number of allylic oxidation sites excluding steroid dienone is 12. The summed E-state index contributed by atoms with van der Waals surface area (Å²) >= 11 is 0. The fourth-order valence-corrected chi connectivity index (χ4v) is 14.4. The summed E-state index contributed by atoms with van der Waals surface area (Å²) in [5, 5.41) is 21.1. The highest BCUT2D eigenvalue weighted by molar-refractivity contribution is 5.61. The standard InChI is InChI=1S/C68H102O6/c1-46(2)25-21-27-48(4)29-22-30-49(5)32-24-37-64(14)39-36-57-58-41-54(34-19-20-38-67-62(10,11)42-55(69)44-65(67,15)73-67)59(71-60(58)52(8)53(9)61(57)72-64)51(7)33-18-17-26-47(3)28-23-31-50(6)35-40-68-63(12,13)43-56(70)45-66(68,16)74-68/h17-20,23,26,28,31,33-35,38,40,46,48-49,54-56,59,69-70H,21-22,24-25,27,29-30,32,36-37,39,41-45H2,1-16H3/b18-17+,28-23+,34-19-,38-20+,40-35+,47-26+,50-31+,51-33+/t48?,49?,54-,55+,56+,59+,64-,65-,66-,67+,68+/m1/s1. The van der Waals surface area contributed by atoms with Crippen molar-refractivity contribution in [3.63, 3.8) is 0 Å². The quantitative estimate of drug-likeness (QED) is 0.0889. The molecule has 1 aromatic rings. The Balaban J connectivity index is 1.03. The van der Waals surface area contributed by atoms with E-state index in [2.05, 4.69) is 190 Å². The number of aliphatic hydroxyl groups is 2. The molecule has 6 heteroatoms. The lowest BCUT2D eigenvalue weighted by Gasteiger charge is -2.41. The number of epoxide rings is 2. The maximum absolute atomic E-state index is 10.7. The molecular formula is C68H102O6. The van der Waals surface area contributed by atoms with Gasteiger partial charge in [-0.05, 0) is 147 Å². The molecule has 0 radical (unpaired) electrons. The van der Waals surface area contributed by atoms with Gasteiger partial charge in [-0.1, -0.05) is 178 Å². The maximum Gasteiger partial charge on any atom is 0.127 e. The zero-order valence-corrected chi connectivity index (χ0v) is 49.4. The molecule has 2 saturated carbocycles. The first kappa shape index (κ1) is 58.3. The zero-order valence-electron chi connectivity index (χ0n) is 49.4. The van der Waals surface area contributed by atoms with E-state index in [1.807, 2.05) is 0 Å². The van der Waals surface area contributed by atoms with E-state index in [0.29, 0.717) is 12.8 Å². The van der Waals surface area contributed by atoms with Crippen LogP contribution in [0.5, 0.6) is 11.5 Å². The summed E-state index contributed by atoms with van der Waals surface area (Å²) in [6.07, 6.45) is 45.2. The van der Waals surface area contributed by atoms with E-state index in [9.17, 15) is 10.2 Å². The first-order valence-corrected chi connectivity index (χ1v) is 29.4. The molecule has 4 heterocycles. The van der Waals surface area contributed by atoms with Crippen LogP contribution in [-0.4, -0.2) is 56.5 Å². The van der Waals surface area contributed by atoms with Crippen molar-refractivity contribution in [2.75, 3.05) is 0 Å². The number of hydrogen-bond donors (Lipinski definition) is 2. The Hall–Kier alpha value is -3.42. The van der Waals surface area contributed by atoms with E-state index in [-0.39, 0.29) is 63.1 Å².